The van der Waals surface area contributed by atoms with Crippen molar-refractivity contribution in [2.45, 2.75) is 19.9 Å². The molecule has 2 rings (SSSR count). The monoisotopic (exact) mass is 322 g/mol. The molecule has 2 heterocycles. The first kappa shape index (κ1) is 13.8. The molecule has 1 aliphatic rings. The predicted molar refractivity (Wildman–Crippen MR) is 75.6 cm³/mol. The standard InChI is InChI=1S/C13H15BrN4O/c1-8(2)17-13(19)10-6-18(7-10)12-9(4-15)3-11(14)5-16-12/h3,5,8,10H,6-7H2,1-2H3,(H,17,19). The molecule has 1 saturated heterocycles. The van der Waals surface area contributed by atoms with E-state index < -0.39 is 0 Å². The number of nitrogens with one attached hydrogen (secondary N) is 1. The second kappa shape index (κ2) is 5.57. The summed E-state index contributed by atoms with van der Waals surface area (Å²) in [6.45, 7) is 5.11. The van der Waals surface area contributed by atoms with Gasteiger partial charge in [-0.15, -0.1) is 0 Å². The summed E-state index contributed by atoms with van der Waals surface area (Å²) in [5.41, 5.74) is 0.525. The van der Waals surface area contributed by atoms with E-state index in [1.54, 1.807) is 12.3 Å². The van der Waals surface area contributed by atoms with Crippen LogP contribution < -0.4 is 10.2 Å². The number of anilines is 1. The van der Waals surface area contributed by atoms with Crippen molar-refractivity contribution in [3.05, 3.63) is 22.3 Å². The summed E-state index contributed by atoms with van der Waals surface area (Å²) in [7, 11) is 0. The van der Waals surface area contributed by atoms with Gasteiger partial charge in [-0.2, -0.15) is 5.26 Å². The average molecular weight is 323 g/mol. The van der Waals surface area contributed by atoms with Crippen LogP contribution >= 0.6 is 15.9 Å². The number of pyridine rings is 1. The van der Waals surface area contributed by atoms with Gasteiger partial charge in [-0.3, -0.25) is 4.79 Å². The summed E-state index contributed by atoms with van der Waals surface area (Å²) in [4.78, 5) is 18.0. The number of carbonyl (C=O) groups excluding carboxylic acids is 1. The molecule has 19 heavy (non-hydrogen) atoms. The number of aromatic nitrogens is 1. The van der Waals surface area contributed by atoms with Gasteiger partial charge in [-0.25, -0.2) is 4.98 Å². The van der Waals surface area contributed by atoms with Crippen LogP contribution in [-0.2, 0) is 4.79 Å². The molecule has 1 N–H and O–H groups in total. The smallest absolute Gasteiger partial charge is 0.226 e. The van der Waals surface area contributed by atoms with Crippen LogP contribution in [0.2, 0.25) is 0 Å². The molecule has 0 unspecified atom stereocenters. The van der Waals surface area contributed by atoms with Crippen LogP contribution in [0.15, 0.2) is 16.7 Å². The number of carbonyl (C=O) groups is 1. The number of nitrogens with zero attached hydrogens (tertiary/aromatic N) is 3. The Morgan fingerprint density at radius 2 is 2.32 bits per heavy atom. The normalized spacial score (nSPS) is 15.0. The molecule has 1 aromatic heterocycles. The number of nitriles is 1. The van der Waals surface area contributed by atoms with Gasteiger partial charge in [0.25, 0.3) is 0 Å². The van der Waals surface area contributed by atoms with Crippen molar-refractivity contribution in [3.8, 4) is 6.07 Å². The first-order valence-electron chi connectivity index (χ1n) is 6.12. The molecule has 0 bridgehead atoms. The summed E-state index contributed by atoms with van der Waals surface area (Å²) in [5.74, 6) is 0.709. The lowest BCUT2D eigenvalue weighted by molar-refractivity contribution is -0.126. The van der Waals surface area contributed by atoms with Crippen molar-refractivity contribution in [2.24, 2.45) is 5.92 Å². The van der Waals surface area contributed by atoms with Crippen LogP contribution in [0.25, 0.3) is 0 Å². The highest BCUT2D eigenvalue weighted by atomic mass is 79.9. The molecular weight excluding hydrogens is 308 g/mol. The van der Waals surface area contributed by atoms with Crippen molar-refractivity contribution in [1.29, 1.82) is 5.26 Å². The number of halogens is 1. The highest BCUT2D eigenvalue weighted by Crippen LogP contribution is 2.27. The Balaban J connectivity index is 2.01. The van der Waals surface area contributed by atoms with Crippen LogP contribution in [0.4, 0.5) is 5.82 Å². The largest absolute Gasteiger partial charge is 0.354 e. The van der Waals surface area contributed by atoms with Crippen LogP contribution in [0.1, 0.15) is 19.4 Å². The Labute approximate surface area is 120 Å². The topological polar surface area (TPSA) is 69.0 Å². The molecule has 0 atom stereocenters. The van der Waals surface area contributed by atoms with Gasteiger partial charge in [-0.05, 0) is 35.8 Å². The Bertz CT molecular complexity index is 532. The van der Waals surface area contributed by atoms with E-state index in [0.717, 1.165) is 4.47 Å². The van der Waals surface area contributed by atoms with Crippen LogP contribution in [-0.4, -0.2) is 30.0 Å². The van der Waals surface area contributed by atoms with E-state index in [1.165, 1.54) is 0 Å². The van der Waals surface area contributed by atoms with Gasteiger partial charge in [0, 0.05) is 29.8 Å². The van der Waals surface area contributed by atoms with Gasteiger partial charge in [0.1, 0.15) is 11.9 Å². The predicted octanol–water partition coefficient (Wildman–Crippen LogP) is 1.68. The highest BCUT2D eigenvalue weighted by Gasteiger charge is 2.34. The molecule has 0 saturated carbocycles. The van der Waals surface area contributed by atoms with Gasteiger partial charge >= 0.3 is 0 Å². The van der Waals surface area contributed by atoms with Gasteiger partial charge in [0.15, 0.2) is 0 Å². The zero-order chi connectivity index (χ0) is 14.0. The summed E-state index contributed by atoms with van der Waals surface area (Å²) < 4.78 is 0.780. The summed E-state index contributed by atoms with van der Waals surface area (Å²) in [5, 5.41) is 12.0. The average Bonchev–Trinajstić information content (AvgIpc) is 2.27. The van der Waals surface area contributed by atoms with Crippen molar-refractivity contribution < 1.29 is 4.79 Å². The highest BCUT2D eigenvalue weighted by molar-refractivity contribution is 9.10. The van der Waals surface area contributed by atoms with Gasteiger partial charge in [-0.1, -0.05) is 0 Å². The van der Waals surface area contributed by atoms with Crippen LogP contribution in [0.3, 0.4) is 0 Å². The lowest BCUT2D eigenvalue weighted by Gasteiger charge is -2.39. The zero-order valence-electron chi connectivity index (χ0n) is 10.9. The molecule has 1 aromatic rings. The van der Waals surface area contributed by atoms with Crippen molar-refractivity contribution in [1.82, 2.24) is 10.3 Å². The number of rotatable bonds is 3. The lowest BCUT2D eigenvalue weighted by Crippen LogP contribution is -2.55. The number of hydrogen-bond donors (Lipinski definition) is 1. The van der Waals surface area contributed by atoms with E-state index in [0.29, 0.717) is 24.5 Å². The lowest BCUT2D eigenvalue weighted by atomic mass is 9.98. The van der Waals surface area contributed by atoms with E-state index in [1.807, 2.05) is 18.7 Å². The van der Waals surface area contributed by atoms with E-state index in [4.69, 9.17) is 5.26 Å². The minimum Gasteiger partial charge on any atom is -0.354 e. The van der Waals surface area contributed by atoms with E-state index in [2.05, 4.69) is 32.3 Å². The molecule has 0 radical (unpaired) electrons. The van der Waals surface area contributed by atoms with E-state index in [9.17, 15) is 4.79 Å². The van der Waals surface area contributed by atoms with E-state index in [-0.39, 0.29) is 17.9 Å². The van der Waals surface area contributed by atoms with Crippen LogP contribution in [0, 0.1) is 17.2 Å². The Morgan fingerprint density at radius 1 is 1.63 bits per heavy atom. The van der Waals surface area contributed by atoms with Gasteiger partial charge in [0.2, 0.25) is 5.91 Å². The summed E-state index contributed by atoms with van der Waals surface area (Å²) in [6.07, 6.45) is 1.66. The third-order valence-corrected chi connectivity index (χ3v) is 3.37. The second-order valence-corrected chi connectivity index (χ2v) is 5.82. The second-order valence-electron chi connectivity index (χ2n) is 4.90. The minimum absolute atomic E-state index is 0.0145. The van der Waals surface area contributed by atoms with E-state index >= 15 is 0 Å². The van der Waals surface area contributed by atoms with Gasteiger partial charge < -0.3 is 10.2 Å². The van der Waals surface area contributed by atoms with Gasteiger partial charge in [0.05, 0.1) is 11.5 Å². The van der Waals surface area contributed by atoms with Crippen molar-refractivity contribution in [2.75, 3.05) is 18.0 Å². The fourth-order valence-corrected chi connectivity index (χ4v) is 2.32. The third kappa shape index (κ3) is 3.04. The molecular formula is C13H15BrN4O. The first-order chi connectivity index (χ1) is 9.01. The summed E-state index contributed by atoms with van der Waals surface area (Å²) in [6, 6.07) is 4.02. The maximum atomic E-state index is 11.8. The third-order valence-electron chi connectivity index (χ3n) is 2.94. The fraction of sp³-hybridized carbons (Fsp3) is 0.462. The zero-order valence-corrected chi connectivity index (χ0v) is 12.4. The Hall–Kier alpha value is -1.61. The quantitative estimate of drug-likeness (QED) is 0.919. The summed E-state index contributed by atoms with van der Waals surface area (Å²) >= 11 is 3.29. The Kier molecular flexibility index (Phi) is 4.05. The fourth-order valence-electron chi connectivity index (χ4n) is 1.99. The molecule has 0 aliphatic carbocycles. The molecule has 1 amide bonds. The van der Waals surface area contributed by atoms with Crippen molar-refractivity contribution in [3.63, 3.8) is 0 Å². The maximum Gasteiger partial charge on any atom is 0.226 e. The number of amides is 1. The molecule has 1 fully saturated rings. The Morgan fingerprint density at radius 3 is 2.89 bits per heavy atom. The van der Waals surface area contributed by atoms with Crippen molar-refractivity contribution >= 4 is 27.7 Å². The molecule has 100 valence electrons. The number of hydrogen-bond acceptors (Lipinski definition) is 4. The molecule has 1 aliphatic heterocycles. The van der Waals surface area contributed by atoms with Crippen LogP contribution in [0.5, 0.6) is 0 Å². The first-order valence-corrected chi connectivity index (χ1v) is 6.91. The molecule has 6 heteroatoms. The maximum absolute atomic E-state index is 11.8. The SMILES string of the molecule is CC(C)NC(=O)C1CN(c2ncc(Br)cc2C#N)C1. The molecule has 5 nitrogen and oxygen atoms in total. The molecule has 0 spiro atoms. The molecule has 0 aromatic carbocycles. The minimum atomic E-state index is -0.0145.